The van der Waals surface area contributed by atoms with Crippen molar-refractivity contribution in [2.75, 3.05) is 40.9 Å². The minimum atomic E-state index is 0.762. The van der Waals surface area contributed by atoms with Crippen molar-refractivity contribution in [3.8, 4) is 11.5 Å². The Morgan fingerprint density at radius 3 is 2.85 bits per heavy atom. The Hall–Kier alpha value is -1.26. The second-order valence-electron chi connectivity index (χ2n) is 5.58. The highest BCUT2D eigenvalue weighted by Crippen LogP contribution is 2.24. The smallest absolute Gasteiger partial charge is 0.127 e. The molecule has 0 spiro atoms. The largest absolute Gasteiger partial charge is 0.497 e. The average molecular weight is 278 g/mol. The molecule has 4 nitrogen and oxygen atoms in total. The van der Waals surface area contributed by atoms with E-state index in [0.29, 0.717) is 0 Å². The number of nitrogens with one attached hydrogen (secondary N) is 1. The van der Waals surface area contributed by atoms with Crippen molar-refractivity contribution in [2.45, 2.75) is 19.4 Å². The maximum Gasteiger partial charge on any atom is 0.127 e. The van der Waals surface area contributed by atoms with Crippen LogP contribution >= 0.6 is 0 Å². The predicted molar refractivity (Wildman–Crippen MR) is 81.5 cm³/mol. The van der Waals surface area contributed by atoms with Crippen molar-refractivity contribution in [3.63, 3.8) is 0 Å². The SMILES string of the molecule is COc1ccc(CNC[C@@H]2CCCN(C)C2)c(OC)c1. The monoisotopic (exact) mass is 278 g/mol. The Morgan fingerprint density at radius 2 is 2.15 bits per heavy atom. The number of rotatable bonds is 6. The number of piperidine rings is 1. The van der Waals surface area contributed by atoms with Crippen molar-refractivity contribution >= 4 is 0 Å². The number of benzene rings is 1. The molecule has 1 aliphatic rings. The summed E-state index contributed by atoms with van der Waals surface area (Å²) >= 11 is 0. The van der Waals surface area contributed by atoms with E-state index in [1.54, 1.807) is 14.2 Å². The maximum absolute atomic E-state index is 5.42. The normalized spacial score (nSPS) is 19.9. The molecule has 20 heavy (non-hydrogen) atoms. The van der Waals surface area contributed by atoms with Crippen LogP contribution in [0.15, 0.2) is 18.2 Å². The van der Waals surface area contributed by atoms with Gasteiger partial charge >= 0.3 is 0 Å². The van der Waals surface area contributed by atoms with Crippen LogP contribution in [0.5, 0.6) is 11.5 Å². The van der Waals surface area contributed by atoms with E-state index in [2.05, 4.69) is 23.3 Å². The van der Waals surface area contributed by atoms with E-state index < -0.39 is 0 Å². The van der Waals surface area contributed by atoms with Gasteiger partial charge in [-0.25, -0.2) is 0 Å². The maximum atomic E-state index is 5.42. The molecule has 0 aromatic heterocycles. The van der Waals surface area contributed by atoms with Crippen molar-refractivity contribution in [1.82, 2.24) is 10.2 Å². The standard InChI is InChI=1S/C16H26N2O2/c1-18-8-4-5-13(12-18)10-17-11-14-6-7-15(19-2)9-16(14)20-3/h6-7,9,13,17H,4-5,8,10-12H2,1-3H3/t13-/m0/s1. The van der Waals surface area contributed by atoms with Gasteiger partial charge in [0, 0.05) is 24.7 Å². The highest BCUT2D eigenvalue weighted by molar-refractivity contribution is 5.40. The molecule has 4 heteroatoms. The molecule has 0 bridgehead atoms. The number of hydrogen-bond donors (Lipinski definition) is 1. The molecule has 0 radical (unpaired) electrons. The molecular weight excluding hydrogens is 252 g/mol. The van der Waals surface area contributed by atoms with Gasteiger partial charge < -0.3 is 19.7 Å². The van der Waals surface area contributed by atoms with Crippen LogP contribution in [0.2, 0.25) is 0 Å². The van der Waals surface area contributed by atoms with Gasteiger partial charge in [0.15, 0.2) is 0 Å². The number of likely N-dealkylation sites (tertiary alicyclic amines) is 1. The quantitative estimate of drug-likeness (QED) is 0.864. The van der Waals surface area contributed by atoms with Gasteiger partial charge in [0.25, 0.3) is 0 Å². The fraction of sp³-hybridized carbons (Fsp3) is 0.625. The molecule has 1 heterocycles. The Morgan fingerprint density at radius 1 is 1.30 bits per heavy atom. The lowest BCUT2D eigenvalue weighted by atomic mass is 9.98. The highest BCUT2D eigenvalue weighted by Gasteiger charge is 2.16. The van der Waals surface area contributed by atoms with Crippen LogP contribution < -0.4 is 14.8 Å². The summed E-state index contributed by atoms with van der Waals surface area (Å²) in [6, 6.07) is 5.98. The Bertz CT molecular complexity index is 423. The van der Waals surface area contributed by atoms with Gasteiger partial charge in [0.1, 0.15) is 11.5 Å². The van der Waals surface area contributed by atoms with Crippen molar-refractivity contribution < 1.29 is 9.47 Å². The molecule has 1 aromatic carbocycles. The van der Waals surface area contributed by atoms with Crippen LogP contribution in [0.4, 0.5) is 0 Å². The van der Waals surface area contributed by atoms with E-state index in [4.69, 9.17) is 9.47 Å². The van der Waals surface area contributed by atoms with Gasteiger partial charge in [-0.15, -0.1) is 0 Å². The number of ether oxygens (including phenoxy) is 2. The van der Waals surface area contributed by atoms with Crippen LogP contribution in [-0.4, -0.2) is 45.8 Å². The van der Waals surface area contributed by atoms with Gasteiger partial charge in [-0.05, 0) is 45.0 Å². The van der Waals surface area contributed by atoms with Gasteiger partial charge in [-0.1, -0.05) is 6.07 Å². The molecule has 1 fully saturated rings. The summed E-state index contributed by atoms with van der Waals surface area (Å²) in [5.74, 6) is 2.48. The zero-order valence-electron chi connectivity index (χ0n) is 12.8. The Labute approximate surface area is 122 Å². The molecule has 1 N–H and O–H groups in total. The average Bonchev–Trinajstić information content (AvgIpc) is 2.47. The number of methoxy groups -OCH3 is 2. The van der Waals surface area contributed by atoms with Gasteiger partial charge in [-0.2, -0.15) is 0 Å². The summed E-state index contributed by atoms with van der Waals surface area (Å²) < 4.78 is 10.6. The number of hydrogen-bond acceptors (Lipinski definition) is 4. The molecule has 0 saturated carbocycles. The fourth-order valence-corrected chi connectivity index (χ4v) is 2.85. The first-order valence-electron chi connectivity index (χ1n) is 7.33. The second-order valence-corrected chi connectivity index (χ2v) is 5.58. The second kappa shape index (κ2) is 7.50. The summed E-state index contributed by atoms with van der Waals surface area (Å²) in [5.41, 5.74) is 1.18. The summed E-state index contributed by atoms with van der Waals surface area (Å²) in [6.45, 7) is 4.35. The van der Waals surface area contributed by atoms with E-state index >= 15 is 0 Å². The van der Waals surface area contributed by atoms with Crippen LogP contribution in [0.25, 0.3) is 0 Å². The highest BCUT2D eigenvalue weighted by atomic mass is 16.5. The lowest BCUT2D eigenvalue weighted by Gasteiger charge is -2.29. The third-order valence-electron chi connectivity index (χ3n) is 3.96. The Balaban J connectivity index is 1.84. The number of nitrogens with zero attached hydrogens (tertiary/aromatic N) is 1. The molecule has 1 aromatic rings. The van der Waals surface area contributed by atoms with E-state index in [0.717, 1.165) is 30.5 Å². The summed E-state index contributed by atoms with van der Waals surface area (Å²) in [6.07, 6.45) is 2.64. The van der Waals surface area contributed by atoms with Gasteiger partial charge in [-0.3, -0.25) is 0 Å². The van der Waals surface area contributed by atoms with E-state index in [9.17, 15) is 0 Å². The summed E-state index contributed by atoms with van der Waals surface area (Å²) in [5, 5.41) is 3.56. The van der Waals surface area contributed by atoms with E-state index in [1.165, 1.54) is 31.5 Å². The lowest BCUT2D eigenvalue weighted by molar-refractivity contribution is 0.206. The topological polar surface area (TPSA) is 33.7 Å². The van der Waals surface area contributed by atoms with Crippen LogP contribution in [0.3, 0.4) is 0 Å². The van der Waals surface area contributed by atoms with E-state index in [1.807, 2.05) is 12.1 Å². The molecule has 112 valence electrons. The van der Waals surface area contributed by atoms with Gasteiger partial charge in [0.2, 0.25) is 0 Å². The molecule has 0 unspecified atom stereocenters. The molecule has 1 saturated heterocycles. The van der Waals surface area contributed by atoms with Crippen LogP contribution in [0, 0.1) is 5.92 Å². The first-order chi connectivity index (χ1) is 9.72. The van der Waals surface area contributed by atoms with Crippen molar-refractivity contribution in [1.29, 1.82) is 0 Å². The summed E-state index contributed by atoms with van der Waals surface area (Å²) in [7, 11) is 5.58. The zero-order chi connectivity index (χ0) is 14.4. The first-order valence-corrected chi connectivity index (χ1v) is 7.33. The Kier molecular flexibility index (Phi) is 5.68. The molecule has 0 aliphatic carbocycles. The summed E-state index contributed by atoms with van der Waals surface area (Å²) in [4.78, 5) is 2.42. The minimum absolute atomic E-state index is 0.762. The van der Waals surface area contributed by atoms with Crippen LogP contribution in [-0.2, 0) is 6.54 Å². The van der Waals surface area contributed by atoms with Crippen molar-refractivity contribution in [3.05, 3.63) is 23.8 Å². The lowest BCUT2D eigenvalue weighted by Crippen LogP contribution is -2.37. The predicted octanol–water partition coefficient (Wildman–Crippen LogP) is 2.14. The molecule has 1 aliphatic heterocycles. The molecule has 2 rings (SSSR count). The third kappa shape index (κ3) is 4.12. The van der Waals surface area contributed by atoms with E-state index in [-0.39, 0.29) is 0 Å². The molecule has 1 atom stereocenters. The fourth-order valence-electron chi connectivity index (χ4n) is 2.85. The third-order valence-corrected chi connectivity index (χ3v) is 3.96. The van der Waals surface area contributed by atoms with Crippen molar-refractivity contribution in [2.24, 2.45) is 5.92 Å². The first kappa shape index (κ1) is 15.1. The zero-order valence-corrected chi connectivity index (χ0v) is 12.8. The minimum Gasteiger partial charge on any atom is -0.497 e. The molecular formula is C16H26N2O2. The van der Waals surface area contributed by atoms with Gasteiger partial charge in [0.05, 0.1) is 14.2 Å². The molecule has 0 amide bonds. The van der Waals surface area contributed by atoms with Crippen LogP contribution in [0.1, 0.15) is 18.4 Å².